The summed E-state index contributed by atoms with van der Waals surface area (Å²) in [7, 11) is 1.76. The van der Waals surface area contributed by atoms with E-state index in [-0.39, 0.29) is 23.8 Å². The lowest BCUT2D eigenvalue weighted by molar-refractivity contribution is 0.342. The predicted octanol–water partition coefficient (Wildman–Crippen LogP) is 3.70. The Morgan fingerprint density at radius 1 is 1.17 bits per heavy atom. The molecule has 0 saturated heterocycles. The highest BCUT2D eigenvalue weighted by Gasteiger charge is 2.32. The minimum atomic E-state index is -0.277. The molecule has 1 fully saturated rings. The summed E-state index contributed by atoms with van der Waals surface area (Å²) in [5, 5.41) is 4.66. The molecule has 0 radical (unpaired) electrons. The molecule has 1 saturated carbocycles. The number of anilines is 1. The number of nitrogens with zero attached hydrogens (tertiary/aromatic N) is 4. The van der Waals surface area contributed by atoms with Crippen LogP contribution in [0.4, 0.5) is 10.1 Å². The lowest BCUT2D eigenvalue weighted by Gasteiger charge is -2.32. The van der Waals surface area contributed by atoms with Gasteiger partial charge in [0.2, 0.25) is 0 Å². The fourth-order valence-corrected chi connectivity index (χ4v) is 4.07. The molecular weight excluding hydrogens is 385 g/mol. The van der Waals surface area contributed by atoms with E-state index in [4.69, 9.17) is 15.5 Å². The molecule has 30 heavy (non-hydrogen) atoms. The molecule has 1 aliphatic rings. The van der Waals surface area contributed by atoms with E-state index < -0.39 is 0 Å². The molecule has 0 spiro atoms. The highest BCUT2D eigenvalue weighted by molar-refractivity contribution is 6.13. The molecule has 0 amide bonds. The minimum absolute atomic E-state index is 0.144. The SMILES string of the molecule is CNc1cc(F)c(C)c2c1[nH]c1nc(Oc3cnc(C)nc3)nc(C3CC(N)C3)c12. The highest BCUT2D eigenvalue weighted by Crippen LogP contribution is 2.43. The summed E-state index contributed by atoms with van der Waals surface area (Å²) in [5.41, 5.74) is 9.49. The van der Waals surface area contributed by atoms with Crippen molar-refractivity contribution in [1.82, 2.24) is 24.9 Å². The van der Waals surface area contributed by atoms with Gasteiger partial charge in [0.1, 0.15) is 17.3 Å². The number of benzene rings is 1. The lowest BCUT2D eigenvalue weighted by atomic mass is 9.77. The molecule has 0 unspecified atom stereocenters. The van der Waals surface area contributed by atoms with E-state index in [1.54, 1.807) is 33.3 Å². The topological polar surface area (TPSA) is 115 Å². The first kappa shape index (κ1) is 18.7. The summed E-state index contributed by atoms with van der Waals surface area (Å²) in [6.07, 6.45) is 4.80. The van der Waals surface area contributed by atoms with Crippen molar-refractivity contribution in [2.75, 3.05) is 12.4 Å². The van der Waals surface area contributed by atoms with E-state index in [9.17, 15) is 4.39 Å². The number of aromatic nitrogens is 5. The van der Waals surface area contributed by atoms with Crippen LogP contribution < -0.4 is 15.8 Å². The van der Waals surface area contributed by atoms with E-state index in [1.165, 1.54) is 6.07 Å². The summed E-state index contributed by atoms with van der Waals surface area (Å²) in [6.45, 7) is 3.57. The largest absolute Gasteiger partial charge is 0.421 e. The molecule has 4 N–H and O–H groups in total. The highest BCUT2D eigenvalue weighted by atomic mass is 19.1. The zero-order valence-corrected chi connectivity index (χ0v) is 17.0. The Labute approximate surface area is 172 Å². The van der Waals surface area contributed by atoms with Gasteiger partial charge in [-0.3, -0.25) is 0 Å². The second-order valence-corrected chi connectivity index (χ2v) is 7.77. The maximum absolute atomic E-state index is 14.6. The van der Waals surface area contributed by atoms with Gasteiger partial charge >= 0.3 is 6.01 Å². The van der Waals surface area contributed by atoms with Gasteiger partial charge in [0, 0.05) is 29.8 Å². The summed E-state index contributed by atoms with van der Waals surface area (Å²) in [5.74, 6) is 0.990. The van der Waals surface area contributed by atoms with E-state index in [0.717, 1.165) is 34.8 Å². The standard InChI is InChI=1S/C21H22FN7O/c1-9-14(22)6-15(24-3)19-16(9)17-18(11-4-12(23)5-11)28-21(29-20(17)27-19)30-13-7-25-10(2)26-8-13/h6-8,11-12,24H,4-5,23H2,1-3H3,(H,27,28,29). The summed E-state index contributed by atoms with van der Waals surface area (Å²) in [6, 6.07) is 1.83. The van der Waals surface area contributed by atoms with E-state index in [2.05, 4.69) is 25.3 Å². The van der Waals surface area contributed by atoms with Crippen LogP contribution in [0.5, 0.6) is 11.8 Å². The van der Waals surface area contributed by atoms with Crippen LogP contribution in [0.2, 0.25) is 0 Å². The summed E-state index contributed by atoms with van der Waals surface area (Å²) in [4.78, 5) is 20.9. The molecule has 4 aromatic rings. The fraction of sp³-hybridized carbons (Fsp3) is 0.333. The fourth-order valence-electron chi connectivity index (χ4n) is 4.07. The van der Waals surface area contributed by atoms with Crippen molar-refractivity contribution < 1.29 is 9.13 Å². The van der Waals surface area contributed by atoms with E-state index in [1.807, 2.05) is 0 Å². The van der Waals surface area contributed by atoms with Gasteiger partial charge in [0.05, 0.1) is 29.3 Å². The van der Waals surface area contributed by atoms with Crippen LogP contribution in [-0.4, -0.2) is 38.0 Å². The first-order valence-corrected chi connectivity index (χ1v) is 9.86. The van der Waals surface area contributed by atoms with E-state index in [0.29, 0.717) is 28.5 Å². The monoisotopic (exact) mass is 407 g/mol. The number of hydrogen-bond acceptors (Lipinski definition) is 7. The van der Waals surface area contributed by atoms with Gasteiger partial charge in [-0.25, -0.2) is 14.4 Å². The second-order valence-electron chi connectivity index (χ2n) is 7.77. The van der Waals surface area contributed by atoms with Gasteiger partial charge in [0.15, 0.2) is 5.75 Å². The van der Waals surface area contributed by atoms with Crippen LogP contribution in [0.25, 0.3) is 21.9 Å². The number of aromatic amines is 1. The van der Waals surface area contributed by atoms with Gasteiger partial charge < -0.3 is 20.8 Å². The van der Waals surface area contributed by atoms with Gasteiger partial charge in [-0.15, -0.1) is 0 Å². The zero-order chi connectivity index (χ0) is 21.0. The predicted molar refractivity (Wildman–Crippen MR) is 112 cm³/mol. The molecule has 3 heterocycles. The maximum atomic E-state index is 14.6. The van der Waals surface area contributed by atoms with Crippen molar-refractivity contribution >= 4 is 27.6 Å². The number of halogens is 1. The number of nitrogens with one attached hydrogen (secondary N) is 2. The molecule has 0 atom stereocenters. The average molecular weight is 407 g/mol. The van der Waals surface area contributed by atoms with Crippen molar-refractivity contribution in [3.05, 3.63) is 41.4 Å². The van der Waals surface area contributed by atoms with Crippen molar-refractivity contribution in [2.24, 2.45) is 5.73 Å². The Kier molecular flexibility index (Phi) is 4.28. The van der Waals surface area contributed by atoms with Crippen LogP contribution in [-0.2, 0) is 0 Å². The quantitative estimate of drug-likeness (QED) is 0.472. The molecule has 1 aromatic carbocycles. The lowest BCUT2D eigenvalue weighted by Crippen LogP contribution is -2.35. The van der Waals surface area contributed by atoms with Crippen molar-refractivity contribution in [3.8, 4) is 11.8 Å². The minimum Gasteiger partial charge on any atom is -0.421 e. The number of aryl methyl sites for hydroxylation is 2. The van der Waals surface area contributed by atoms with Gasteiger partial charge in [-0.1, -0.05) is 0 Å². The first-order chi connectivity index (χ1) is 14.4. The van der Waals surface area contributed by atoms with Crippen molar-refractivity contribution in [1.29, 1.82) is 0 Å². The maximum Gasteiger partial charge on any atom is 0.324 e. The molecule has 3 aromatic heterocycles. The molecule has 154 valence electrons. The summed E-state index contributed by atoms with van der Waals surface area (Å²) < 4.78 is 20.5. The normalized spacial score (nSPS) is 18.6. The Bertz CT molecular complexity index is 1260. The van der Waals surface area contributed by atoms with Crippen LogP contribution in [0, 0.1) is 19.7 Å². The third-order valence-electron chi connectivity index (χ3n) is 5.73. The molecule has 5 rings (SSSR count). The molecule has 1 aliphatic carbocycles. The number of fused-ring (bicyclic) bond motifs is 3. The number of ether oxygens (including phenoxy) is 1. The Morgan fingerprint density at radius 2 is 1.90 bits per heavy atom. The molecule has 9 heteroatoms. The van der Waals surface area contributed by atoms with Crippen LogP contribution in [0.15, 0.2) is 18.5 Å². The van der Waals surface area contributed by atoms with Crippen LogP contribution >= 0.6 is 0 Å². The third-order valence-corrected chi connectivity index (χ3v) is 5.73. The second kappa shape index (κ2) is 6.88. The Morgan fingerprint density at radius 3 is 2.57 bits per heavy atom. The number of nitrogens with two attached hydrogens (primary N) is 1. The van der Waals surface area contributed by atoms with Gasteiger partial charge in [-0.05, 0) is 38.3 Å². The Hall–Kier alpha value is -3.33. The number of rotatable bonds is 4. The van der Waals surface area contributed by atoms with E-state index >= 15 is 0 Å². The van der Waals surface area contributed by atoms with Crippen LogP contribution in [0.3, 0.4) is 0 Å². The molecule has 0 aliphatic heterocycles. The average Bonchev–Trinajstić information content (AvgIpc) is 3.09. The van der Waals surface area contributed by atoms with Gasteiger partial charge in [-0.2, -0.15) is 9.97 Å². The van der Waals surface area contributed by atoms with Crippen molar-refractivity contribution in [3.63, 3.8) is 0 Å². The van der Waals surface area contributed by atoms with Gasteiger partial charge in [0.25, 0.3) is 0 Å². The zero-order valence-electron chi connectivity index (χ0n) is 17.0. The smallest absolute Gasteiger partial charge is 0.324 e. The number of hydrogen-bond donors (Lipinski definition) is 3. The molecule has 0 bridgehead atoms. The number of H-pyrrole nitrogens is 1. The van der Waals surface area contributed by atoms with Crippen LogP contribution in [0.1, 0.15) is 35.8 Å². The van der Waals surface area contributed by atoms with Crippen molar-refractivity contribution in [2.45, 2.75) is 38.6 Å². The summed E-state index contributed by atoms with van der Waals surface area (Å²) >= 11 is 0. The molecular formula is C21H22FN7O. The first-order valence-electron chi connectivity index (χ1n) is 9.86. The molecule has 8 nitrogen and oxygen atoms in total. The Balaban J connectivity index is 1.74. The third kappa shape index (κ3) is 2.93.